The van der Waals surface area contributed by atoms with Crippen molar-refractivity contribution < 1.29 is 14.3 Å². The van der Waals surface area contributed by atoms with Crippen LogP contribution in [0.25, 0.3) is 0 Å². The van der Waals surface area contributed by atoms with Crippen LogP contribution in [0.1, 0.15) is 48.2 Å². The molecule has 0 saturated carbocycles. The van der Waals surface area contributed by atoms with Crippen LogP contribution in [0.15, 0.2) is 48.7 Å². The first-order chi connectivity index (χ1) is 15.3. The molecule has 4 rings (SSSR count). The van der Waals surface area contributed by atoms with E-state index in [1.807, 2.05) is 47.5 Å². The Morgan fingerprint density at radius 1 is 1.03 bits per heavy atom. The van der Waals surface area contributed by atoms with Gasteiger partial charge in [0.15, 0.2) is 0 Å². The third kappa shape index (κ3) is 5.43. The number of nitrogens with zero attached hydrogens (tertiary/aromatic N) is 3. The van der Waals surface area contributed by atoms with Crippen molar-refractivity contribution in [2.75, 3.05) is 33.4 Å². The number of ether oxygens (including phenoxy) is 2. The fourth-order valence-corrected chi connectivity index (χ4v) is 4.78. The molecule has 0 N–H and O–H groups in total. The fraction of sp³-hybridized carbons (Fsp3) is 0.520. The van der Waals surface area contributed by atoms with Crippen molar-refractivity contribution in [1.29, 1.82) is 0 Å². The summed E-state index contributed by atoms with van der Waals surface area (Å²) in [5.41, 5.74) is 1.72. The van der Waals surface area contributed by atoms with Gasteiger partial charge in [-0.3, -0.25) is 14.7 Å². The summed E-state index contributed by atoms with van der Waals surface area (Å²) < 4.78 is 11.9. The number of pyridine rings is 1. The number of carbonyl (C=O) groups is 1. The van der Waals surface area contributed by atoms with Gasteiger partial charge in [0.25, 0.3) is 5.91 Å². The van der Waals surface area contributed by atoms with Gasteiger partial charge in [-0.2, -0.15) is 0 Å². The maximum Gasteiger partial charge on any atom is 0.257 e. The van der Waals surface area contributed by atoms with Gasteiger partial charge in [0.2, 0.25) is 0 Å². The molecule has 2 atom stereocenters. The van der Waals surface area contributed by atoms with Crippen LogP contribution in [0.5, 0.6) is 5.75 Å². The van der Waals surface area contributed by atoms with Gasteiger partial charge in [0.1, 0.15) is 12.4 Å². The average molecular weight is 424 g/mol. The van der Waals surface area contributed by atoms with Crippen LogP contribution in [0, 0.1) is 0 Å². The number of methoxy groups -OCH3 is 1. The van der Waals surface area contributed by atoms with Gasteiger partial charge in [0, 0.05) is 32.9 Å². The SMILES string of the molecule is CO[C@H]1CCCN2C(=O)c3ccccc3OCCN(Cc3ccccn3)CCCC[C@@H]12. The Morgan fingerprint density at radius 3 is 2.74 bits per heavy atom. The van der Waals surface area contributed by atoms with Gasteiger partial charge in [-0.25, -0.2) is 0 Å². The number of aromatic nitrogens is 1. The largest absolute Gasteiger partial charge is 0.491 e. The summed E-state index contributed by atoms with van der Waals surface area (Å²) in [6, 6.07) is 13.8. The van der Waals surface area contributed by atoms with Crippen molar-refractivity contribution in [2.24, 2.45) is 0 Å². The van der Waals surface area contributed by atoms with E-state index in [9.17, 15) is 4.79 Å². The van der Waals surface area contributed by atoms with E-state index in [1.54, 1.807) is 7.11 Å². The number of piperidine rings is 1. The first-order valence-electron chi connectivity index (χ1n) is 11.4. The van der Waals surface area contributed by atoms with E-state index in [2.05, 4.69) is 16.0 Å². The van der Waals surface area contributed by atoms with Crippen molar-refractivity contribution in [2.45, 2.75) is 50.8 Å². The number of hydrogen-bond donors (Lipinski definition) is 0. The molecule has 3 heterocycles. The van der Waals surface area contributed by atoms with Gasteiger partial charge in [-0.05, 0) is 56.5 Å². The van der Waals surface area contributed by atoms with E-state index in [1.165, 1.54) is 0 Å². The smallest absolute Gasteiger partial charge is 0.257 e. The molecule has 6 heteroatoms. The number of hydrogen-bond acceptors (Lipinski definition) is 5. The van der Waals surface area contributed by atoms with Crippen LogP contribution in [0.4, 0.5) is 0 Å². The predicted molar refractivity (Wildman–Crippen MR) is 120 cm³/mol. The van der Waals surface area contributed by atoms with E-state index in [0.717, 1.165) is 64.0 Å². The molecule has 1 fully saturated rings. The van der Waals surface area contributed by atoms with Crippen molar-refractivity contribution in [1.82, 2.24) is 14.8 Å². The monoisotopic (exact) mass is 423 g/mol. The molecule has 1 saturated heterocycles. The molecule has 2 aliphatic rings. The van der Waals surface area contributed by atoms with Crippen molar-refractivity contribution >= 4 is 5.91 Å². The minimum atomic E-state index is 0.0620. The zero-order valence-electron chi connectivity index (χ0n) is 18.4. The first-order valence-corrected chi connectivity index (χ1v) is 11.4. The van der Waals surface area contributed by atoms with Crippen LogP contribution >= 0.6 is 0 Å². The van der Waals surface area contributed by atoms with Crippen molar-refractivity contribution in [3.8, 4) is 5.75 Å². The van der Waals surface area contributed by atoms with E-state index in [0.29, 0.717) is 17.9 Å². The summed E-state index contributed by atoms with van der Waals surface area (Å²) in [6.45, 7) is 3.92. The Balaban J connectivity index is 1.56. The summed E-state index contributed by atoms with van der Waals surface area (Å²) >= 11 is 0. The Morgan fingerprint density at radius 2 is 1.90 bits per heavy atom. The molecule has 1 aromatic carbocycles. The number of para-hydroxylation sites is 1. The molecule has 31 heavy (non-hydrogen) atoms. The summed E-state index contributed by atoms with van der Waals surface area (Å²) in [6.07, 6.45) is 7.03. The second-order valence-electron chi connectivity index (χ2n) is 8.42. The Hall–Kier alpha value is -2.44. The first kappa shape index (κ1) is 21.8. The highest BCUT2D eigenvalue weighted by atomic mass is 16.5. The third-order valence-corrected chi connectivity index (χ3v) is 6.40. The maximum absolute atomic E-state index is 13.5. The van der Waals surface area contributed by atoms with Gasteiger partial charge >= 0.3 is 0 Å². The number of fused-ring (bicyclic) bond motifs is 2. The number of rotatable bonds is 3. The molecule has 0 unspecified atom stereocenters. The number of carbonyl (C=O) groups excluding carboxylic acids is 1. The second-order valence-corrected chi connectivity index (χ2v) is 8.42. The van der Waals surface area contributed by atoms with Crippen LogP contribution in [0.2, 0.25) is 0 Å². The van der Waals surface area contributed by atoms with Gasteiger partial charge < -0.3 is 14.4 Å². The minimum absolute atomic E-state index is 0.0620. The van der Waals surface area contributed by atoms with E-state index in [-0.39, 0.29) is 18.1 Å². The van der Waals surface area contributed by atoms with Crippen LogP contribution in [0.3, 0.4) is 0 Å². The maximum atomic E-state index is 13.5. The second kappa shape index (κ2) is 10.7. The molecule has 1 amide bonds. The van der Waals surface area contributed by atoms with Crippen LogP contribution in [-0.2, 0) is 11.3 Å². The third-order valence-electron chi connectivity index (χ3n) is 6.40. The normalized spacial score (nSPS) is 23.5. The molecular weight excluding hydrogens is 390 g/mol. The molecule has 0 radical (unpaired) electrons. The molecule has 0 bridgehead atoms. The molecule has 0 spiro atoms. The fourth-order valence-electron chi connectivity index (χ4n) is 4.78. The van der Waals surface area contributed by atoms with Crippen molar-refractivity contribution in [3.63, 3.8) is 0 Å². The molecule has 2 aliphatic heterocycles. The average Bonchev–Trinajstić information content (AvgIpc) is 2.82. The van der Waals surface area contributed by atoms with Crippen molar-refractivity contribution in [3.05, 3.63) is 59.9 Å². The lowest BCUT2D eigenvalue weighted by Gasteiger charge is -2.41. The van der Waals surface area contributed by atoms with Gasteiger partial charge in [-0.1, -0.05) is 24.6 Å². The van der Waals surface area contributed by atoms with E-state index < -0.39 is 0 Å². The summed E-state index contributed by atoms with van der Waals surface area (Å²) in [4.78, 5) is 22.4. The highest BCUT2D eigenvalue weighted by molar-refractivity contribution is 5.97. The Kier molecular flexibility index (Phi) is 7.54. The summed E-state index contributed by atoms with van der Waals surface area (Å²) in [5.74, 6) is 0.731. The van der Waals surface area contributed by atoms with Gasteiger partial charge in [0.05, 0.1) is 23.4 Å². The molecule has 6 nitrogen and oxygen atoms in total. The highest BCUT2D eigenvalue weighted by Gasteiger charge is 2.35. The van der Waals surface area contributed by atoms with E-state index in [4.69, 9.17) is 9.47 Å². The van der Waals surface area contributed by atoms with Crippen LogP contribution < -0.4 is 4.74 Å². The zero-order valence-corrected chi connectivity index (χ0v) is 18.4. The lowest BCUT2D eigenvalue weighted by molar-refractivity contribution is -0.0155. The molecular formula is C25H33N3O3. The zero-order chi connectivity index (χ0) is 21.5. The molecule has 2 aromatic rings. The number of benzene rings is 1. The van der Waals surface area contributed by atoms with E-state index >= 15 is 0 Å². The summed E-state index contributed by atoms with van der Waals surface area (Å²) in [5, 5.41) is 0. The molecule has 0 aliphatic carbocycles. The topological polar surface area (TPSA) is 54.9 Å². The highest BCUT2D eigenvalue weighted by Crippen LogP contribution is 2.29. The molecule has 1 aromatic heterocycles. The lowest BCUT2D eigenvalue weighted by atomic mass is 9.93. The lowest BCUT2D eigenvalue weighted by Crippen LogP contribution is -2.51. The minimum Gasteiger partial charge on any atom is -0.491 e. The van der Waals surface area contributed by atoms with Gasteiger partial charge in [-0.15, -0.1) is 0 Å². The molecule has 166 valence electrons. The quantitative estimate of drug-likeness (QED) is 0.752. The predicted octanol–water partition coefficient (Wildman–Crippen LogP) is 3.77. The summed E-state index contributed by atoms with van der Waals surface area (Å²) in [7, 11) is 1.77. The standard InChI is InChI=1S/C25H33N3O3/c1-30-24-13-8-16-28-22(24)11-5-7-15-27(19-20-9-4-6-14-26-20)17-18-31-23-12-3-2-10-21(23)25(28)29/h2-4,6,9-10,12,14,22,24H,5,7-8,11,13,15-19H2,1H3/t22-,24-/m0/s1. The van der Waals surface area contributed by atoms with Crippen LogP contribution in [-0.4, -0.2) is 66.2 Å². The Labute approximate surface area is 185 Å². The number of amides is 1. The Bertz CT molecular complexity index is 845.